The Balaban J connectivity index is 2.44. The van der Waals surface area contributed by atoms with Gasteiger partial charge < -0.3 is 4.98 Å². The molecule has 0 radical (unpaired) electrons. The van der Waals surface area contributed by atoms with Crippen molar-refractivity contribution >= 4 is 50.8 Å². The van der Waals surface area contributed by atoms with Gasteiger partial charge in [0, 0.05) is 9.50 Å². The summed E-state index contributed by atoms with van der Waals surface area (Å²) in [4.78, 5) is 3.13. The highest BCUT2D eigenvalue weighted by Gasteiger charge is 2.11. The standard InChI is InChI=1S/C14H7BrClN3S/c15-9-2-4-11-13(5-9)19(14(20)18-11)12-6-10(16)3-1-8(12)7-17/h1-6H,(H,18,20). The Bertz CT molecular complexity index is 920. The molecule has 98 valence electrons. The molecule has 0 fully saturated rings. The molecule has 2 aromatic carbocycles. The van der Waals surface area contributed by atoms with Gasteiger partial charge in [-0.25, -0.2) is 0 Å². The highest BCUT2D eigenvalue weighted by molar-refractivity contribution is 9.10. The molecule has 0 aliphatic carbocycles. The molecule has 0 aliphatic rings. The molecule has 3 nitrogen and oxygen atoms in total. The number of benzene rings is 2. The van der Waals surface area contributed by atoms with Crippen molar-refractivity contribution in [1.82, 2.24) is 9.55 Å². The summed E-state index contributed by atoms with van der Waals surface area (Å²) in [6.07, 6.45) is 0. The first kappa shape index (κ1) is 13.4. The minimum absolute atomic E-state index is 0.520. The fraction of sp³-hybridized carbons (Fsp3) is 0. The smallest absolute Gasteiger partial charge is 0.182 e. The van der Waals surface area contributed by atoms with E-state index < -0.39 is 0 Å². The maximum Gasteiger partial charge on any atom is 0.182 e. The van der Waals surface area contributed by atoms with Crippen LogP contribution in [0.2, 0.25) is 5.02 Å². The van der Waals surface area contributed by atoms with Crippen molar-refractivity contribution in [2.75, 3.05) is 0 Å². The summed E-state index contributed by atoms with van der Waals surface area (Å²) in [7, 11) is 0. The van der Waals surface area contributed by atoms with E-state index in [0.29, 0.717) is 21.0 Å². The number of aromatic nitrogens is 2. The molecule has 1 aromatic heterocycles. The number of aromatic amines is 1. The van der Waals surface area contributed by atoms with Crippen LogP contribution in [-0.2, 0) is 0 Å². The van der Waals surface area contributed by atoms with Gasteiger partial charge in [0.15, 0.2) is 4.77 Å². The Morgan fingerprint density at radius 3 is 2.80 bits per heavy atom. The van der Waals surface area contributed by atoms with Crippen molar-refractivity contribution in [3.05, 3.63) is 56.2 Å². The molecule has 3 rings (SSSR count). The predicted octanol–water partition coefficient (Wildman–Crippen LogP) is 4.98. The van der Waals surface area contributed by atoms with Gasteiger partial charge in [0.2, 0.25) is 0 Å². The molecule has 0 saturated heterocycles. The van der Waals surface area contributed by atoms with Gasteiger partial charge in [-0.15, -0.1) is 0 Å². The highest BCUT2D eigenvalue weighted by Crippen LogP contribution is 2.26. The molecule has 0 aliphatic heterocycles. The topological polar surface area (TPSA) is 44.5 Å². The summed E-state index contributed by atoms with van der Waals surface area (Å²) in [5, 5.41) is 9.83. The first-order valence-electron chi connectivity index (χ1n) is 5.70. The monoisotopic (exact) mass is 363 g/mol. The van der Waals surface area contributed by atoms with Crippen LogP contribution in [0.25, 0.3) is 16.7 Å². The molecule has 0 atom stereocenters. The molecule has 0 amide bonds. The Morgan fingerprint density at radius 2 is 2.05 bits per heavy atom. The molecule has 1 heterocycles. The number of imidazole rings is 1. The van der Waals surface area contributed by atoms with E-state index in [9.17, 15) is 5.26 Å². The molecule has 3 aromatic rings. The van der Waals surface area contributed by atoms with Gasteiger partial charge in [0.25, 0.3) is 0 Å². The summed E-state index contributed by atoms with van der Waals surface area (Å²) < 4.78 is 3.28. The predicted molar refractivity (Wildman–Crippen MR) is 85.9 cm³/mol. The third-order valence-electron chi connectivity index (χ3n) is 2.97. The Morgan fingerprint density at radius 1 is 1.25 bits per heavy atom. The van der Waals surface area contributed by atoms with E-state index in [1.54, 1.807) is 18.2 Å². The Kier molecular flexibility index (Phi) is 3.38. The number of rotatable bonds is 1. The average molecular weight is 365 g/mol. The number of hydrogen-bond acceptors (Lipinski definition) is 2. The van der Waals surface area contributed by atoms with E-state index in [1.807, 2.05) is 22.8 Å². The molecular weight excluding hydrogens is 358 g/mol. The minimum Gasteiger partial charge on any atom is -0.330 e. The summed E-state index contributed by atoms with van der Waals surface area (Å²) in [5.41, 5.74) is 2.99. The van der Waals surface area contributed by atoms with Crippen LogP contribution in [-0.4, -0.2) is 9.55 Å². The zero-order valence-corrected chi connectivity index (χ0v) is 13.2. The largest absolute Gasteiger partial charge is 0.330 e. The second-order valence-corrected chi connectivity index (χ2v) is 5.94. The number of nitriles is 1. The van der Waals surface area contributed by atoms with Gasteiger partial charge in [-0.05, 0) is 48.6 Å². The molecule has 0 spiro atoms. The Hall–Kier alpha value is -1.61. The van der Waals surface area contributed by atoms with Gasteiger partial charge in [0.05, 0.1) is 22.3 Å². The molecule has 20 heavy (non-hydrogen) atoms. The normalized spacial score (nSPS) is 10.7. The zero-order valence-electron chi connectivity index (χ0n) is 10.0. The fourth-order valence-corrected chi connectivity index (χ4v) is 2.92. The summed E-state index contributed by atoms with van der Waals surface area (Å²) >= 11 is 14.9. The lowest BCUT2D eigenvalue weighted by Gasteiger charge is -2.07. The van der Waals surface area contributed by atoms with E-state index in [4.69, 9.17) is 23.8 Å². The second kappa shape index (κ2) is 5.06. The zero-order chi connectivity index (χ0) is 14.3. The Labute approximate surface area is 133 Å². The maximum atomic E-state index is 9.27. The van der Waals surface area contributed by atoms with Crippen LogP contribution in [0.4, 0.5) is 0 Å². The van der Waals surface area contributed by atoms with E-state index in [-0.39, 0.29) is 0 Å². The number of halogens is 2. The van der Waals surface area contributed by atoms with Crippen LogP contribution < -0.4 is 0 Å². The van der Waals surface area contributed by atoms with Crippen LogP contribution in [0.5, 0.6) is 0 Å². The van der Waals surface area contributed by atoms with Gasteiger partial charge in [-0.3, -0.25) is 4.57 Å². The van der Waals surface area contributed by atoms with Crippen LogP contribution in [0.3, 0.4) is 0 Å². The summed E-state index contributed by atoms with van der Waals surface area (Å²) in [5.74, 6) is 0. The number of fused-ring (bicyclic) bond motifs is 1. The van der Waals surface area contributed by atoms with Crippen molar-refractivity contribution in [2.45, 2.75) is 0 Å². The highest BCUT2D eigenvalue weighted by atomic mass is 79.9. The molecule has 6 heteroatoms. The molecule has 0 bridgehead atoms. The van der Waals surface area contributed by atoms with Crippen molar-refractivity contribution in [1.29, 1.82) is 5.26 Å². The van der Waals surface area contributed by atoms with Crippen molar-refractivity contribution < 1.29 is 0 Å². The van der Waals surface area contributed by atoms with E-state index in [2.05, 4.69) is 27.0 Å². The van der Waals surface area contributed by atoms with Crippen molar-refractivity contribution in [3.8, 4) is 11.8 Å². The quantitative estimate of drug-likeness (QED) is 0.619. The third-order valence-corrected chi connectivity index (χ3v) is 3.98. The minimum atomic E-state index is 0.520. The SMILES string of the molecule is N#Cc1ccc(Cl)cc1-n1c(=S)[nH]c2ccc(Br)cc21. The summed E-state index contributed by atoms with van der Waals surface area (Å²) in [6, 6.07) is 13.1. The van der Waals surface area contributed by atoms with Crippen LogP contribution >= 0.6 is 39.7 Å². The summed E-state index contributed by atoms with van der Waals surface area (Å²) in [6.45, 7) is 0. The lowest BCUT2D eigenvalue weighted by molar-refractivity contribution is 1.06. The van der Waals surface area contributed by atoms with Crippen LogP contribution in [0.1, 0.15) is 5.56 Å². The lowest BCUT2D eigenvalue weighted by atomic mass is 10.2. The van der Waals surface area contributed by atoms with E-state index >= 15 is 0 Å². The lowest BCUT2D eigenvalue weighted by Crippen LogP contribution is -1.97. The van der Waals surface area contributed by atoms with Gasteiger partial charge in [0.1, 0.15) is 6.07 Å². The first-order valence-corrected chi connectivity index (χ1v) is 7.28. The van der Waals surface area contributed by atoms with Crippen molar-refractivity contribution in [3.63, 3.8) is 0 Å². The molecular formula is C14H7BrClN3S. The second-order valence-electron chi connectivity index (χ2n) is 4.20. The number of nitrogens with zero attached hydrogens (tertiary/aromatic N) is 2. The van der Waals surface area contributed by atoms with Gasteiger partial charge in [-0.1, -0.05) is 27.5 Å². The van der Waals surface area contributed by atoms with E-state index in [0.717, 1.165) is 15.5 Å². The molecule has 0 saturated carbocycles. The van der Waals surface area contributed by atoms with Crippen LogP contribution in [0.15, 0.2) is 40.9 Å². The number of hydrogen-bond donors (Lipinski definition) is 1. The third kappa shape index (κ3) is 2.16. The number of H-pyrrole nitrogens is 1. The van der Waals surface area contributed by atoms with E-state index in [1.165, 1.54) is 0 Å². The van der Waals surface area contributed by atoms with Crippen LogP contribution in [0, 0.1) is 16.1 Å². The first-order chi connectivity index (χ1) is 9.60. The fourth-order valence-electron chi connectivity index (χ4n) is 2.10. The van der Waals surface area contributed by atoms with Crippen molar-refractivity contribution in [2.24, 2.45) is 0 Å². The molecule has 0 unspecified atom stereocenters. The van der Waals surface area contributed by atoms with Gasteiger partial charge in [-0.2, -0.15) is 5.26 Å². The maximum absolute atomic E-state index is 9.27. The van der Waals surface area contributed by atoms with Gasteiger partial charge >= 0.3 is 0 Å². The molecule has 1 N–H and O–H groups in total. The average Bonchev–Trinajstić information content (AvgIpc) is 2.74. The number of nitrogens with one attached hydrogen (secondary N) is 1.